The van der Waals surface area contributed by atoms with Crippen molar-refractivity contribution in [1.29, 1.82) is 0 Å². The van der Waals surface area contributed by atoms with Crippen molar-refractivity contribution in [2.75, 3.05) is 13.1 Å². The topological polar surface area (TPSA) is 440 Å². The molecule has 0 aromatic heterocycles. The highest BCUT2D eigenvalue weighted by atomic mass is 16.4. The van der Waals surface area contributed by atoms with Crippen LogP contribution < -0.4 is 59.7 Å². The molecule has 410 valence electrons. The van der Waals surface area contributed by atoms with Gasteiger partial charge in [0.25, 0.3) is 0 Å². The van der Waals surface area contributed by atoms with Gasteiger partial charge in [0.1, 0.15) is 48.3 Å². The summed E-state index contributed by atoms with van der Waals surface area (Å²) in [5.41, 5.74) is 16.6. The predicted octanol–water partition coefficient (Wildman–Crippen LogP) is -2.17. The van der Waals surface area contributed by atoms with Gasteiger partial charge in [0.15, 0.2) is 0 Å². The largest absolute Gasteiger partial charge is 0.481 e. The van der Waals surface area contributed by atoms with E-state index in [1.807, 2.05) is 13.8 Å². The number of primary amides is 1. The zero-order valence-electron chi connectivity index (χ0n) is 42.8. The molecule has 0 bridgehead atoms. The lowest BCUT2D eigenvalue weighted by atomic mass is 9.96. The molecule has 72 heavy (non-hydrogen) atoms. The number of unbranched alkanes of at least 4 members (excludes halogenated alkanes) is 1. The van der Waals surface area contributed by atoms with Crippen molar-refractivity contribution in [1.82, 2.24) is 42.5 Å². The van der Waals surface area contributed by atoms with Crippen molar-refractivity contribution in [3.05, 3.63) is 0 Å². The van der Waals surface area contributed by atoms with Gasteiger partial charge in [-0.1, -0.05) is 68.2 Å². The predicted molar refractivity (Wildman–Crippen MR) is 260 cm³/mol. The number of hydrogen-bond acceptors (Lipinski definition) is 14. The van der Waals surface area contributed by atoms with Crippen molar-refractivity contribution in [3.8, 4) is 0 Å². The van der Waals surface area contributed by atoms with Crippen LogP contribution in [0.4, 0.5) is 0 Å². The molecule has 26 nitrogen and oxygen atoms in total. The molecular formula is C46H81N11O15. The van der Waals surface area contributed by atoms with E-state index in [-0.39, 0.29) is 50.5 Å². The highest BCUT2D eigenvalue weighted by Crippen LogP contribution is 2.15. The van der Waals surface area contributed by atoms with Gasteiger partial charge in [0.2, 0.25) is 53.2 Å². The van der Waals surface area contributed by atoms with E-state index in [0.717, 1.165) is 0 Å². The van der Waals surface area contributed by atoms with E-state index in [1.54, 1.807) is 41.5 Å². The normalized spacial score (nSPS) is 15.3. The summed E-state index contributed by atoms with van der Waals surface area (Å²) in [6.45, 7) is 13.4. The minimum atomic E-state index is -1.79. The summed E-state index contributed by atoms with van der Waals surface area (Å²) in [6.07, 6.45) is -1.84. The number of carboxylic acids is 3. The van der Waals surface area contributed by atoms with Gasteiger partial charge in [-0.3, -0.25) is 52.7 Å². The zero-order valence-corrected chi connectivity index (χ0v) is 42.8. The van der Waals surface area contributed by atoms with Gasteiger partial charge in [-0.15, -0.1) is 0 Å². The van der Waals surface area contributed by atoms with Crippen molar-refractivity contribution in [2.45, 2.75) is 181 Å². The second-order valence-electron chi connectivity index (χ2n) is 18.8. The van der Waals surface area contributed by atoms with Gasteiger partial charge in [-0.25, -0.2) is 4.79 Å². The van der Waals surface area contributed by atoms with Crippen LogP contribution in [-0.2, 0) is 57.5 Å². The molecule has 0 aromatic carbocycles. The van der Waals surface area contributed by atoms with Gasteiger partial charge < -0.3 is 75.1 Å². The second kappa shape index (κ2) is 34.0. The van der Waals surface area contributed by atoms with E-state index in [2.05, 4.69) is 42.5 Å². The molecule has 0 aliphatic carbocycles. The highest BCUT2D eigenvalue weighted by molar-refractivity contribution is 5.99. The third kappa shape index (κ3) is 25.6. The van der Waals surface area contributed by atoms with Crippen LogP contribution in [0, 0.1) is 23.7 Å². The summed E-state index contributed by atoms with van der Waals surface area (Å²) in [5.74, 6) is -14.0. The molecule has 0 unspecified atom stereocenters. The van der Waals surface area contributed by atoms with Crippen molar-refractivity contribution in [3.63, 3.8) is 0 Å². The number of amides is 9. The molecule has 9 amide bonds. The van der Waals surface area contributed by atoms with E-state index in [9.17, 15) is 72.9 Å². The first kappa shape index (κ1) is 65.6. The van der Waals surface area contributed by atoms with E-state index in [0.29, 0.717) is 12.8 Å². The number of nitrogens with one attached hydrogen (secondary N) is 8. The Balaban J connectivity index is 6.84. The monoisotopic (exact) mass is 1030 g/mol. The van der Waals surface area contributed by atoms with Gasteiger partial charge in [0, 0.05) is 12.8 Å². The average Bonchev–Trinajstić information content (AvgIpc) is 3.29. The van der Waals surface area contributed by atoms with Gasteiger partial charge in [0.05, 0.1) is 13.0 Å². The fraction of sp³-hybridized carbons (Fsp3) is 0.739. The fourth-order valence-corrected chi connectivity index (χ4v) is 7.15. The molecule has 0 saturated heterocycles. The third-order valence-electron chi connectivity index (χ3n) is 11.6. The number of hydrogen-bond donors (Lipinski definition) is 14. The minimum Gasteiger partial charge on any atom is -0.481 e. The summed E-state index contributed by atoms with van der Waals surface area (Å²) in [7, 11) is 0. The summed E-state index contributed by atoms with van der Waals surface area (Å²) >= 11 is 0. The Morgan fingerprint density at radius 3 is 1.17 bits per heavy atom. The number of rotatable bonds is 37. The Kier molecular flexibility index (Phi) is 31.0. The highest BCUT2D eigenvalue weighted by Gasteiger charge is 2.37. The standard InChI is InChI=1S/C46H81N11O15/c1-9-25(7)37(56-42(67)30(19-23(3)4)50-34(59)22-48)44(69)52-28(14-16-35(60)61)40(65)51-27(13-11-12-18-47)39(64)54-31(21-33(49)58)43(68)57-38(26(8)10-2)45(70)53-29(15-17-36(62)63)41(66)55-32(46(71)72)20-24(5)6/h23-32,37-38H,9-22,47-48H2,1-8H3,(H2,49,58)(H,50,59)(H,51,65)(H,52,69)(H,53,70)(H,54,64)(H,55,66)(H,56,67)(H,57,68)(H,60,61)(H,62,63)(H,71,72)/t25-,26-,27-,28-,29-,30-,31-,32-,37-,38-/m0/s1. The lowest BCUT2D eigenvalue weighted by Crippen LogP contribution is -2.61. The Bertz CT molecular complexity index is 1870. The SMILES string of the molecule is CC[C@H](C)[C@H](NC(=O)[C@H](CC(N)=O)NC(=O)[C@H](CCCCN)NC(=O)[C@H](CCC(=O)O)NC(=O)[C@@H](NC(=O)[C@H](CC(C)C)NC(=O)CN)[C@@H](C)CC)C(=O)N[C@@H](CCC(=O)O)C(=O)N[C@@H](CC(C)C)C(=O)O. The molecule has 0 saturated carbocycles. The first-order chi connectivity index (χ1) is 33.6. The Morgan fingerprint density at radius 2 is 0.806 bits per heavy atom. The number of carbonyl (C=O) groups excluding carboxylic acids is 9. The first-order valence-corrected chi connectivity index (χ1v) is 24.4. The van der Waals surface area contributed by atoms with Gasteiger partial charge in [-0.2, -0.15) is 0 Å². The summed E-state index contributed by atoms with van der Waals surface area (Å²) in [6, 6.07) is -11.7. The van der Waals surface area contributed by atoms with E-state index in [1.165, 1.54) is 0 Å². The van der Waals surface area contributed by atoms with Crippen LogP contribution in [0.15, 0.2) is 0 Å². The lowest BCUT2D eigenvalue weighted by Gasteiger charge is -2.30. The molecule has 0 rings (SSSR count). The quantitative estimate of drug-likeness (QED) is 0.0294. The van der Waals surface area contributed by atoms with Crippen molar-refractivity contribution >= 4 is 71.1 Å². The van der Waals surface area contributed by atoms with E-state index < -0.39 is 170 Å². The van der Waals surface area contributed by atoms with Crippen molar-refractivity contribution < 1.29 is 72.9 Å². The van der Waals surface area contributed by atoms with Crippen LogP contribution in [0.1, 0.15) is 132 Å². The maximum absolute atomic E-state index is 14.1. The molecule has 0 spiro atoms. The third-order valence-corrected chi connectivity index (χ3v) is 11.6. The van der Waals surface area contributed by atoms with Gasteiger partial charge in [-0.05, 0) is 75.2 Å². The van der Waals surface area contributed by atoms with Crippen LogP contribution in [0.3, 0.4) is 0 Å². The van der Waals surface area contributed by atoms with E-state index in [4.69, 9.17) is 17.2 Å². The molecule has 26 heteroatoms. The summed E-state index contributed by atoms with van der Waals surface area (Å²) in [4.78, 5) is 156. The fourth-order valence-electron chi connectivity index (χ4n) is 7.15. The van der Waals surface area contributed by atoms with Crippen LogP contribution in [0.2, 0.25) is 0 Å². The van der Waals surface area contributed by atoms with E-state index >= 15 is 0 Å². The molecule has 0 fully saturated rings. The number of nitrogens with two attached hydrogens (primary N) is 3. The zero-order chi connectivity index (χ0) is 55.4. The van der Waals surface area contributed by atoms with Crippen molar-refractivity contribution in [2.24, 2.45) is 40.9 Å². The number of carboxylic acid groups (broad SMARTS) is 3. The lowest BCUT2D eigenvalue weighted by molar-refractivity contribution is -0.143. The molecule has 0 aliphatic heterocycles. The first-order valence-electron chi connectivity index (χ1n) is 24.4. The maximum Gasteiger partial charge on any atom is 0.326 e. The molecule has 0 heterocycles. The summed E-state index contributed by atoms with van der Waals surface area (Å²) in [5, 5.41) is 48.3. The van der Waals surface area contributed by atoms with Crippen LogP contribution in [0.25, 0.3) is 0 Å². The smallest absolute Gasteiger partial charge is 0.326 e. The van der Waals surface area contributed by atoms with Gasteiger partial charge >= 0.3 is 17.9 Å². The minimum absolute atomic E-state index is 0.0116. The van der Waals surface area contributed by atoms with Crippen LogP contribution >= 0.6 is 0 Å². The molecule has 10 atom stereocenters. The molecule has 0 aromatic rings. The van der Waals surface area contributed by atoms with Crippen LogP contribution in [-0.4, -0.2) is 148 Å². The Morgan fingerprint density at radius 1 is 0.444 bits per heavy atom. The Labute approximate surface area is 420 Å². The average molecular weight is 1030 g/mol. The summed E-state index contributed by atoms with van der Waals surface area (Å²) < 4.78 is 0. The maximum atomic E-state index is 14.1. The number of carbonyl (C=O) groups is 12. The Hall–Kier alpha value is -6.44. The second-order valence-corrected chi connectivity index (χ2v) is 18.8. The molecular weight excluding hydrogens is 947 g/mol. The molecule has 0 radical (unpaired) electrons. The molecule has 17 N–H and O–H groups in total. The van der Waals surface area contributed by atoms with Crippen LogP contribution in [0.5, 0.6) is 0 Å². The molecule has 0 aliphatic rings. The number of aliphatic carboxylic acids is 3.